The van der Waals surface area contributed by atoms with Crippen LogP contribution in [0.15, 0.2) is 0 Å². The lowest BCUT2D eigenvalue weighted by molar-refractivity contribution is -0.125. The van der Waals surface area contributed by atoms with Crippen molar-refractivity contribution in [2.75, 3.05) is 6.54 Å². The topological polar surface area (TPSA) is 80.0 Å². The Bertz CT molecular complexity index is 377. The maximum atomic E-state index is 11.8. The lowest BCUT2D eigenvalue weighted by atomic mass is 10.1. The van der Waals surface area contributed by atoms with Crippen LogP contribution in [0, 0.1) is 5.92 Å². The van der Waals surface area contributed by atoms with Crippen LogP contribution in [0.5, 0.6) is 0 Å². The van der Waals surface area contributed by atoms with Crippen molar-refractivity contribution in [1.82, 2.24) is 10.6 Å². The molecule has 2 amide bonds. The van der Waals surface area contributed by atoms with E-state index in [2.05, 4.69) is 10.6 Å². The summed E-state index contributed by atoms with van der Waals surface area (Å²) in [5, 5.41) is 5.58. The van der Waals surface area contributed by atoms with Gasteiger partial charge in [-0.05, 0) is 34.1 Å². The summed E-state index contributed by atoms with van der Waals surface area (Å²) in [6, 6.07) is -0.132. The summed E-state index contributed by atoms with van der Waals surface area (Å²) < 4.78 is 10.6. The van der Waals surface area contributed by atoms with Crippen LogP contribution in [0.3, 0.4) is 0 Å². The molecule has 0 radical (unpaired) electrons. The number of carbonyl (C=O) groups excluding carboxylic acids is 2. The first-order valence-corrected chi connectivity index (χ1v) is 6.74. The highest BCUT2D eigenvalue weighted by Gasteiger charge is 2.59. The van der Waals surface area contributed by atoms with Gasteiger partial charge >= 0.3 is 6.09 Å². The van der Waals surface area contributed by atoms with Gasteiger partial charge in [0, 0.05) is 6.54 Å². The molecule has 1 saturated heterocycles. The number of nitrogens with one attached hydrogen (secondary N) is 2. The number of alkyl carbamates (subject to hydrolysis) is 1. The van der Waals surface area contributed by atoms with E-state index in [0.29, 0.717) is 13.0 Å². The molecule has 2 fully saturated rings. The highest BCUT2D eigenvalue weighted by atomic mass is 16.6. The van der Waals surface area contributed by atoms with Gasteiger partial charge in [0.25, 0.3) is 0 Å². The molecule has 0 unspecified atom stereocenters. The van der Waals surface area contributed by atoms with Crippen LogP contribution in [0.1, 0.15) is 34.1 Å². The van der Waals surface area contributed by atoms with E-state index >= 15 is 0 Å². The van der Waals surface area contributed by atoms with Gasteiger partial charge < -0.3 is 20.1 Å². The Labute approximate surface area is 113 Å². The molecule has 108 valence electrons. The molecule has 1 aliphatic carbocycles. The molecule has 6 nitrogen and oxygen atoms in total. The number of hydrogen-bond acceptors (Lipinski definition) is 4. The van der Waals surface area contributed by atoms with E-state index in [1.165, 1.54) is 0 Å². The molecule has 1 aliphatic heterocycles. The summed E-state index contributed by atoms with van der Waals surface area (Å²) in [6.07, 6.45) is 0.0651. The molecule has 2 rings (SSSR count). The highest BCUT2D eigenvalue weighted by molar-refractivity contribution is 5.80. The summed E-state index contributed by atoms with van der Waals surface area (Å²) in [5.41, 5.74) is -0.522. The Morgan fingerprint density at radius 1 is 1.32 bits per heavy atom. The maximum absolute atomic E-state index is 11.8. The number of fused-ring (bicyclic) bond motifs is 1. The average molecular weight is 270 g/mol. The van der Waals surface area contributed by atoms with Crippen LogP contribution in [-0.2, 0) is 14.3 Å². The zero-order valence-corrected chi connectivity index (χ0v) is 11.9. The van der Waals surface area contributed by atoms with E-state index in [1.807, 2.05) is 27.7 Å². The lowest BCUT2D eigenvalue weighted by Crippen LogP contribution is -2.41. The van der Waals surface area contributed by atoms with E-state index in [0.717, 1.165) is 0 Å². The van der Waals surface area contributed by atoms with E-state index in [4.69, 9.17) is 9.47 Å². The van der Waals surface area contributed by atoms with Crippen molar-refractivity contribution >= 4 is 12.0 Å². The normalized spacial score (nSPS) is 32.4. The molecule has 19 heavy (non-hydrogen) atoms. The summed E-state index contributed by atoms with van der Waals surface area (Å²) in [6.45, 7) is 7.94. The molecule has 1 heterocycles. The van der Waals surface area contributed by atoms with Crippen LogP contribution >= 0.6 is 0 Å². The first-order valence-electron chi connectivity index (χ1n) is 6.74. The molecule has 0 spiro atoms. The van der Waals surface area contributed by atoms with E-state index in [1.54, 1.807) is 0 Å². The lowest BCUT2D eigenvalue weighted by Gasteiger charge is -2.22. The van der Waals surface area contributed by atoms with Crippen LogP contribution in [0.25, 0.3) is 0 Å². The third-order valence-corrected chi connectivity index (χ3v) is 3.25. The SMILES string of the molecule is CCNC(=O)[C@H]1C[C@@H](NC(=O)OC(C)(C)C)[C@@H]2O[C@@H]21. The third-order valence-electron chi connectivity index (χ3n) is 3.25. The summed E-state index contributed by atoms with van der Waals surface area (Å²) >= 11 is 0. The number of rotatable bonds is 3. The number of ether oxygens (including phenoxy) is 2. The first kappa shape index (κ1) is 14.1. The van der Waals surface area contributed by atoms with Gasteiger partial charge in [0.15, 0.2) is 0 Å². The minimum absolute atomic E-state index is 0.00323. The fourth-order valence-corrected chi connectivity index (χ4v) is 2.49. The minimum Gasteiger partial charge on any atom is -0.444 e. The Morgan fingerprint density at radius 2 is 2.00 bits per heavy atom. The summed E-state index contributed by atoms with van der Waals surface area (Å²) in [7, 11) is 0. The minimum atomic E-state index is -0.522. The second-order valence-corrected chi connectivity index (χ2v) is 6.05. The predicted molar refractivity (Wildman–Crippen MR) is 68.6 cm³/mol. The Balaban J connectivity index is 1.84. The van der Waals surface area contributed by atoms with Crippen LogP contribution in [0.2, 0.25) is 0 Å². The van der Waals surface area contributed by atoms with Crippen molar-refractivity contribution in [3.8, 4) is 0 Å². The van der Waals surface area contributed by atoms with Gasteiger partial charge in [-0.1, -0.05) is 0 Å². The van der Waals surface area contributed by atoms with Gasteiger partial charge in [-0.25, -0.2) is 4.79 Å². The van der Waals surface area contributed by atoms with Crippen molar-refractivity contribution in [3.63, 3.8) is 0 Å². The largest absolute Gasteiger partial charge is 0.444 e. The van der Waals surface area contributed by atoms with E-state index in [9.17, 15) is 9.59 Å². The van der Waals surface area contributed by atoms with Crippen molar-refractivity contribution in [2.24, 2.45) is 5.92 Å². The second kappa shape index (κ2) is 5.00. The monoisotopic (exact) mass is 270 g/mol. The number of amides is 2. The van der Waals surface area contributed by atoms with Gasteiger partial charge in [0.05, 0.1) is 18.1 Å². The summed E-state index contributed by atoms with van der Waals surface area (Å²) in [5.74, 6) is -0.159. The third kappa shape index (κ3) is 3.37. The standard InChI is InChI=1S/C13H22N2O4/c1-5-14-11(16)7-6-8(10-9(7)18-10)15-12(17)19-13(2,3)4/h7-10H,5-6H2,1-4H3,(H,14,16)(H,15,17)/t7-,8+,9+,10-/m0/s1. The molecule has 1 saturated carbocycles. The Morgan fingerprint density at radius 3 is 2.58 bits per heavy atom. The van der Waals surface area contributed by atoms with Crippen molar-refractivity contribution in [1.29, 1.82) is 0 Å². The van der Waals surface area contributed by atoms with E-state index < -0.39 is 11.7 Å². The smallest absolute Gasteiger partial charge is 0.407 e. The van der Waals surface area contributed by atoms with Crippen molar-refractivity contribution in [2.45, 2.75) is 58.0 Å². The molecular formula is C13H22N2O4. The molecule has 2 aliphatic rings. The first-order chi connectivity index (χ1) is 8.81. The zero-order valence-electron chi connectivity index (χ0n) is 11.9. The number of epoxide rings is 1. The van der Waals surface area contributed by atoms with Gasteiger partial charge in [-0.15, -0.1) is 0 Å². The van der Waals surface area contributed by atoms with Crippen molar-refractivity contribution in [3.05, 3.63) is 0 Å². The van der Waals surface area contributed by atoms with Gasteiger partial charge in [0.2, 0.25) is 5.91 Å². The Hall–Kier alpha value is -1.30. The predicted octanol–water partition coefficient (Wildman–Crippen LogP) is 0.803. The maximum Gasteiger partial charge on any atom is 0.407 e. The zero-order chi connectivity index (χ0) is 14.2. The fraction of sp³-hybridized carbons (Fsp3) is 0.846. The fourth-order valence-electron chi connectivity index (χ4n) is 2.49. The van der Waals surface area contributed by atoms with Crippen molar-refractivity contribution < 1.29 is 19.1 Å². The molecule has 0 aromatic heterocycles. The van der Waals surface area contributed by atoms with Crippen LogP contribution in [0.4, 0.5) is 4.79 Å². The quantitative estimate of drug-likeness (QED) is 0.743. The van der Waals surface area contributed by atoms with E-state index in [-0.39, 0.29) is 30.1 Å². The average Bonchev–Trinajstić information content (AvgIpc) is 2.95. The van der Waals surface area contributed by atoms with Crippen LogP contribution in [-0.4, -0.2) is 42.4 Å². The highest BCUT2D eigenvalue weighted by Crippen LogP contribution is 2.43. The number of carbonyl (C=O) groups is 2. The second-order valence-electron chi connectivity index (χ2n) is 6.05. The Kier molecular flexibility index (Phi) is 3.71. The molecule has 0 bridgehead atoms. The molecule has 2 N–H and O–H groups in total. The molecule has 4 atom stereocenters. The summed E-state index contributed by atoms with van der Waals surface area (Å²) in [4.78, 5) is 23.5. The van der Waals surface area contributed by atoms with Gasteiger partial charge in [0.1, 0.15) is 11.7 Å². The molecule has 6 heteroatoms. The molecule has 0 aromatic rings. The number of hydrogen-bond donors (Lipinski definition) is 2. The molecule has 0 aromatic carbocycles. The molecular weight excluding hydrogens is 248 g/mol. The van der Waals surface area contributed by atoms with Gasteiger partial charge in [-0.3, -0.25) is 4.79 Å². The van der Waals surface area contributed by atoms with Crippen LogP contribution < -0.4 is 10.6 Å². The van der Waals surface area contributed by atoms with Gasteiger partial charge in [-0.2, -0.15) is 0 Å².